The van der Waals surface area contributed by atoms with Gasteiger partial charge in [0.05, 0.1) is 0 Å². The number of hydrogen-bond donors (Lipinski definition) is 0. The predicted octanol–water partition coefficient (Wildman–Crippen LogP) is 5.72. The first kappa shape index (κ1) is 17.7. The zero-order valence-corrected chi connectivity index (χ0v) is 15.8. The van der Waals surface area contributed by atoms with Crippen molar-refractivity contribution < 1.29 is 4.79 Å². The van der Waals surface area contributed by atoms with Crippen LogP contribution >= 0.6 is 15.9 Å². The number of rotatable bonds is 5. The molecule has 0 radical (unpaired) electrons. The Morgan fingerprint density at radius 1 is 0.880 bits per heavy atom. The number of piperidine rings is 1. The number of nitrogens with zero attached hydrogens (tertiary/aromatic N) is 1. The largest absolute Gasteiger partial charge is 0.371 e. The van der Waals surface area contributed by atoms with Crippen molar-refractivity contribution in [1.82, 2.24) is 4.90 Å². The average Bonchev–Trinajstić information content (AvgIpc) is 2.67. The van der Waals surface area contributed by atoms with Crippen molar-refractivity contribution in [2.75, 3.05) is 13.1 Å². The number of benzene rings is 2. The van der Waals surface area contributed by atoms with Gasteiger partial charge < -0.3 is 4.90 Å². The number of halogens is 1. The van der Waals surface area contributed by atoms with Crippen LogP contribution < -0.4 is 0 Å². The van der Waals surface area contributed by atoms with E-state index in [9.17, 15) is 4.79 Å². The van der Waals surface area contributed by atoms with Gasteiger partial charge in [-0.3, -0.25) is 4.79 Å². The van der Waals surface area contributed by atoms with Crippen LogP contribution in [0.5, 0.6) is 0 Å². The van der Waals surface area contributed by atoms with Gasteiger partial charge in [-0.1, -0.05) is 52.3 Å². The fourth-order valence-corrected chi connectivity index (χ4v) is 3.33. The minimum absolute atomic E-state index is 0.0230. The summed E-state index contributed by atoms with van der Waals surface area (Å²) in [5.41, 5.74) is 3.09. The minimum Gasteiger partial charge on any atom is -0.371 e. The van der Waals surface area contributed by atoms with Gasteiger partial charge in [-0.25, -0.2) is 0 Å². The second kappa shape index (κ2) is 8.82. The van der Waals surface area contributed by atoms with E-state index in [1.807, 2.05) is 36.4 Å². The van der Waals surface area contributed by atoms with Crippen molar-refractivity contribution in [3.05, 3.63) is 88.4 Å². The van der Waals surface area contributed by atoms with E-state index in [2.05, 4.69) is 51.2 Å². The molecule has 2 aromatic carbocycles. The molecule has 1 heterocycles. The van der Waals surface area contributed by atoms with Crippen LogP contribution in [0.2, 0.25) is 0 Å². The molecule has 1 saturated heterocycles. The summed E-state index contributed by atoms with van der Waals surface area (Å²) in [5, 5.41) is 0. The molecule has 0 N–H and O–H groups in total. The van der Waals surface area contributed by atoms with Crippen molar-refractivity contribution in [2.24, 2.45) is 0 Å². The number of likely N-dealkylation sites (tertiary alicyclic amines) is 1. The summed E-state index contributed by atoms with van der Waals surface area (Å²) in [6, 6.07) is 17.9. The van der Waals surface area contributed by atoms with Crippen LogP contribution in [0.15, 0.2) is 77.3 Å². The van der Waals surface area contributed by atoms with Crippen LogP contribution in [0.3, 0.4) is 0 Å². The summed E-state index contributed by atoms with van der Waals surface area (Å²) >= 11 is 3.39. The molecule has 25 heavy (non-hydrogen) atoms. The molecule has 2 aromatic rings. The Bertz CT molecular complexity index is 756. The number of ketones is 1. The first-order valence-corrected chi connectivity index (χ1v) is 9.52. The lowest BCUT2D eigenvalue weighted by molar-refractivity contribution is 0.104. The molecular formula is C22H22BrNO. The summed E-state index contributed by atoms with van der Waals surface area (Å²) in [7, 11) is 0. The lowest BCUT2D eigenvalue weighted by atomic mass is 10.1. The summed E-state index contributed by atoms with van der Waals surface area (Å²) < 4.78 is 0.976. The molecule has 0 amide bonds. The zero-order valence-electron chi connectivity index (χ0n) is 14.2. The highest BCUT2D eigenvalue weighted by Crippen LogP contribution is 2.23. The molecule has 3 heteroatoms. The highest BCUT2D eigenvalue weighted by Gasteiger charge is 2.14. The van der Waals surface area contributed by atoms with Crippen molar-refractivity contribution >= 4 is 27.4 Å². The summed E-state index contributed by atoms with van der Waals surface area (Å²) in [4.78, 5) is 14.7. The molecule has 0 bridgehead atoms. The van der Waals surface area contributed by atoms with Gasteiger partial charge in [0, 0.05) is 28.8 Å². The van der Waals surface area contributed by atoms with E-state index < -0.39 is 0 Å². The lowest BCUT2D eigenvalue weighted by Crippen LogP contribution is -2.28. The Balaban J connectivity index is 1.80. The Hall–Kier alpha value is -2.13. The Labute approximate surface area is 158 Å². The molecule has 0 aromatic heterocycles. The van der Waals surface area contributed by atoms with Gasteiger partial charge in [0.2, 0.25) is 0 Å². The molecule has 0 saturated carbocycles. The normalized spacial score (nSPS) is 15.6. The molecule has 1 aliphatic heterocycles. The number of carbonyl (C=O) groups excluding carboxylic acids is 1. The molecule has 1 fully saturated rings. The molecule has 2 nitrogen and oxygen atoms in total. The van der Waals surface area contributed by atoms with Crippen LogP contribution in [-0.2, 0) is 0 Å². The highest BCUT2D eigenvalue weighted by atomic mass is 79.9. The fourth-order valence-electron chi connectivity index (χ4n) is 3.06. The van der Waals surface area contributed by atoms with E-state index >= 15 is 0 Å². The molecule has 0 aliphatic carbocycles. The SMILES string of the molecule is O=C(/C=C/C=C(\c1ccccc1)N1CCCCC1)c1ccc(Br)cc1. The van der Waals surface area contributed by atoms with Crippen LogP contribution in [0, 0.1) is 0 Å². The highest BCUT2D eigenvalue weighted by molar-refractivity contribution is 9.10. The van der Waals surface area contributed by atoms with Gasteiger partial charge in [0.1, 0.15) is 0 Å². The average molecular weight is 396 g/mol. The van der Waals surface area contributed by atoms with E-state index in [1.165, 1.54) is 30.5 Å². The fraction of sp³-hybridized carbons (Fsp3) is 0.227. The quantitative estimate of drug-likeness (QED) is 0.366. The molecule has 128 valence electrons. The smallest absolute Gasteiger partial charge is 0.185 e. The second-order valence-corrected chi connectivity index (χ2v) is 7.11. The third-order valence-electron chi connectivity index (χ3n) is 4.40. The monoisotopic (exact) mass is 395 g/mol. The third-order valence-corrected chi connectivity index (χ3v) is 4.93. The topological polar surface area (TPSA) is 20.3 Å². The molecule has 1 aliphatic rings. The van der Waals surface area contributed by atoms with E-state index in [1.54, 1.807) is 6.08 Å². The van der Waals surface area contributed by atoms with Crippen molar-refractivity contribution in [3.8, 4) is 0 Å². The van der Waals surface area contributed by atoms with Gasteiger partial charge in [-0.15, -0.1) is 0 Å². The van der Waals surface area contributed by atoms with Crippen molar-refractivity contribution in [3.63, 3.8) is 0 Å². The number of carbonyl (C=O) groups is 1. The lowest BCUT2D eigenvalue weighted by Gasteiger charge is -2.31. The Kier molecular flexibility index (Phi) is 6.24. The van der Waals surface area contributed by atoms with E-state index in [0.717, 1.165) is 17.6 Å². The zero-order chi connectivity index (χ0) is 17.5. The first-order chi connectivity index (χ1) is 12.2. The standard InChI is InChI=1S/C22H22BrNO/c23-20-14-12-19(13-15-20)22(25)11-7-10-21(18-8-3-1-4-9-18)24-16-5-2-6-17-24/h1,3-4,7-15H,2,5-6,16-17H2/b11-7+,21-10+. The number of allylic oxidation sites excluding steroid dienone is 3. The van der Waals surface area contributed by atoms with Gasteiger partial charge >= 0.3 is 0 Å². The molecule has 0 unspecified atom stereocenters. The van der Waals surface area contributed by atoms with Crippen molar-refractivity contribution in [1.29, 1.82) is 0 Å². The van der Waals surface area contributed by atoms with Crippen molar-refractivity contribution in [2.45, 2.75) is 19.3 Å². The van der Waals surface area contributed by atoms with Crippen LogP contribution in [0.1, 0.15) is 35.2 Å². The van der Waals surface area contributed by atoms with E-state index in [4.69, 9.17) is 0 Å². The van der Waals surface area contributed by atoms with Crippen LogP contribution in [0.4, 0.5) is 0 Å². The van der Waals surface area contributed by atoms with Crippen LogP contribution in [0.25, 0.3) is 5.70 Å². The van der Waals surface area contributed by atoms with E-state index in [0.29, 0.717) is 5.56 Å². The van der Waals surface area contributed by atoms with Gasteiger partial charge in [-0.05, 0) is 61.2 Å². The molecule has 3 rings (SSSR count). The minimum atomic E-state index is 0.0230. The second-order valence-electron chi connectivity index (χ2n) is 6.20. The summed E-state index contributed by atoms with van der Waals surface area (Å²) in [5.74, 6) is 0.0230. The third kappa shape index (κ3) is 4.93. The van der Waals surface area contributed by atoms with Crippen LogP contribution in [-0.4, -0.2) is 23.8 Å². The Morgan fingerprint density at radius 3 is 2.24 bits per heavy atom. The van der Waals surface area contributed by atoms with E-state index in [-0.39, 0.29) is 5.78 Å². The molecule has 0 atom stereocenters. The molecular weight excluding hydrogens is 374 g/mol. The van der Waals surface area contributed by atoms with Gasteiger partial charge in [0.25, 0.3) is 0 Å². The maximum absolute atomic E-state index is 12.3. The predicted molar refractivity (Wildman–Crippen MR) is 107 cm³/mol. The maximum atomic E-state index is 12.3. The first-order valence-electron chi connectivity index (χ1n) is 8.73. The molecule has 0 spiro atoms. The maximum Gasteiger partial charge on any atom is 0.185 e. The Morgan fingerprint density at radius 2 is 1.56 bits per heavy atom. The summed E-state index contributed by atoms with van der Waals surface area (Å²) in [6.07, 6.45) is 9.35. The summed E-state index contributed by atoms with van der Waals surface area (Å²) in [6.45, 7) is 2.16. The van der Waals surface area contributed by atoms with Gasteiger partial charge in [-0.2, -0.15) is 0 Å². The van der Waals surface area contributed by atoms with Gasteiger partial charge in [0.15, 0.2) is 5.78 Å². The number of hydrogen-bond acceptors (Lipinski definition) is 2.